The van der Waals surface area contributed by atoms with Gasteiger partial charge in [0, 0.05) is 61.9 Å². The number of nitrogens with zero attached hydrogens (tertiary/aromatic N) is 3. The molecule has 2 aliphatic heterocycles. The molecule has 0 saturated carbocycles. The van der Waals surface area contributed by atoms with Crippen molar-refractivity contribution in [2.24, 2.45) is 0 Å². The summed E-state index contributed by atoms with van der Waals surface area (Å²) < 4.78 is 16.3. The second kappa shape index (κ2) is 15.4. The highest BCUT2D eigenvalue weighted by Crippen LogP contribution is 2.23. The number of pyridine rings is 1. The highest BCUT2D eigenvalue weighted by atomic mass is 16.6. The van der Waals surface area contributed by atoms with E-state index in [-0.39, 0.29) is 5.91 Å². The van der Waals surface area contributed by atoms with Crippen molar-refractivity contribution in [1.82, 2.24) is 15.2 Å². The zero-order valence-corrected chi connectivity index (χ0v) is 24.6. The largest absolute Gasteiger partial charge is 0.417 e. The summed E-state index contributed by atoms with van der Waals surface area (Å²) in [7, 11) is 0. The summed E-state index contributed by atoms with van der Waals surface area (Å²) in [5.41, 5.74) is 3.65. The maximum absolute atomic E-state index is 13.0. The molecule has 0 bridgehead atoms. The lowest BCUT2D eigenvalue weighted by Gasteiger charge is -2.27. The van der Waals surface area contributed by atoms with Crippen molar-refractivity contribution in [3.05, 3.63) is 77.5 Å². The Hall–Kier alpha value is -4.03. The van der Waals surface area contributed by atoms with Crippen LogP contribution < -0.4 is 25.6 Å². The van der Waals surface area contributed by atoms with Gasteiger partial charge in [-0.15, -0.1) is 0 Å². The molecule has 0 unspecified atom stereocenters. The normalized spacial score (nSPS) is 15.6. The minimum absolute atomic E-state index is 0.222. The predicted molar refractivity (Wildman–Crippen MR) is 166 cm³/mol. The molecule has 5 rings (SSSR count). The number of carbonyl (C=O) groups is 2. The third-order valence-electron chi connectivity index (χ3n) is 7.47. The van der Waals surface area contributed by atoms with Crippen LogP contribution in [0.1, 0.15) is 27.9 Å². The molecule has 0 spiro atoms. The first-order valence-electron chi connectivity index (χ1n) is 14.8. The van der Waals surface area contributed by atoms with Gasteiger partial charge in [-0.2, -0.15) is 0 Å². The zero-order valence-electron chi connectivity index (χ0n) is 24.6. The second-order valence-electron chi connectivity index (χ2n) is 10.6. The molecule has 228 valence electrons. The quantitative estimate of drug-likeness (QED) is 0.287. The van der Waals surface area contributed by atoms with E-state index in [0.717, 1.165) is 82.4 Å². The van der Waals surface area contributed by atoms with Gasteiger partial charge in [0.25, 0.3) is 5.91 Å². The Balaban J connectivity index is 1.09. The van der Waals surface area contributed by atoms with Crippen LogP contribution in [0.4, 0.5) is 22.0 Å². The molecule has 3 N–H and O–H groups in total. The minimum Gasteiger partial charge on any atom is -0.410 e. The van der Waals surface area contributed by atoms with Crippen LogP contribution in [0.2, 0.25) is 0 Å². The van der Waals surface area contributed by atoms with Crippen LogP contribution >= 0.6 is 0 Å². The summed E-state index contributed by atoms with van der Waals surface area (Å²) in [5.74, 6) is 0.902. The number of carbonyl (C=O) groups excluding carboxylic acids is 2. The van der Waals surface area contributed by atoms with Gasteiger partial charge in [0.15, 0.2) is 0 Å². The number of ether oxygens (including phenoxy) is 3. The van der Waals surface area contributed by atoms with Crippen molar-refractivity contribution >= 4 is 29.2 Å². The summed E-state index contributed by atoms with van der Waals surface area (Å²) in [6.45, 7) is 11.1. The van der Waals surface area contributed by atoms with Crippen molar-refractivity contribution < 1.29 is 23.8 Å². The molecular weight excluding hydrogens is 548 g/mol. The fourth-order valence-corrected chi connectivity index (χ4v) is 4.97. The first-order valence-corrected chi connectivity index (χ1v) is 14.8. The fraction of sp³-hybridized carbons (Fsp3) is 0.406. The van der Waals surface area contributed by atoms with Crippen LogP contribution in [0, 0.1) is 6.92 Å². The number of hydrogen-bond donors (Lipinski definition) is 3. The first-order chi connectivity index (χ1) is 21.0. The number of benzene rings is 2. The van der Waals surface area contributed by atoms with Crippen LogP contribution in [0.3, 0.4) is 0 Å². The number of anilines is 3. The number of nitrogens with one attached hydrogen (secondary N) is 3. The molecule has 43 heavy (non-hydrogen) atoms. The minimum atomic E-state index is -0.634. The van der Waals surface area contributed by atoms with Crippen LogP contribution in [-0.2, 0) is 16.0 Å². The summed E-state index contributed by atoms with van der Waals surface area (Å²) in [6.07, 6.45) is 2.07. The third kappa shape index (κ3) is 9.23. The number of hydrogen-bond acceptors (Lipinski definition) is 9. The predicted octanol–water partition coefficient (Wildman–Crippen LogP) is 3.90. The summed E-state index contributed by atoms with van der Waals surface area (Å²) in [5, 5.41) is 9.18. The van der Waals surface area contributed by atoms with E-state index in [2.05, 4.69) is 30.7 Å². The number of amides is 2. The molecule has 3 heterocycles. The van der Waals surface area contributed by atoms with Crippen molar-refractivity contribution in [3.8, 4) is 5.75 Å². The molecule has 1 aromatic heterocycles. The Morgan fingerprint density at radius 2 is 1.65 bits per heavy atom. The molecule has 0 aliphatic carbocycles. The molecule has 2 aliphatic rings. The van der Waals surface area contributed by atoms with E-state index in [1.54, 1.807) is 30.5 Å². The number of aromatic nitrogens is 1. The van der Waals surface area contributed by atoms with Crippen LogP contribution in [0.5, 0.6) is 5.75 Å². The lowest BCUT2D eigenvalue weighted by Crippen LogP contribution is -2.37. The fourth-order valence-electron chi connectivity index (χ4n) is 4.97. The Morgan fingerprint density at radius 1 is 0.907 bits per heavy atom. The topological polar surface area (TPSA) is 117 Å². The van der Waals surface area contributed by atoms with Crippen molar-refractivity contribution in [3.63, 3.8) is 0 Å². The van der Waals surface area contributed by atoms with Gasteiger partial charge < -0.3 is 29.7 Å². The van der Waals surface area contributed by atoms with E-state index in [4.69, 9.17) is 14.2 Å². The summed E-state index contributed by atoms with van der Waals surface area (Å²) >= 11 is 0. The molecule has 11 heteroatoms. The maximum atomic E-state index is 13.0. The molecule has 2 fully saturated rings. The third-order valence-corrected chi connectivity index (χ3v) is 7.47. The van der Waals surface area contributed by atoms with Crippen LogP contribution in [0.25, 0.3) is 0 Å². The molecule has 2 amide bonds. The van der Waals surface area contributed by atoms with Crippen LogP contribution in [-0.4, -0.2) is 87.6 Å². The highest BCUT2D eigenvalue weighted by molar-refractivity contribution is 6.05. The lowest BCUT2D eigenvalue weighted by atomic mass is 10.1. The van der Waals surface area contributed by atoms with E-state index in [9.17, 15) is 9.59 Å². The van der Waals surface area contributed by atoms with Crippen LogP contribution in [0.15, 0.2) is 60.8 Å². The van der Waals surface area contributed by atoms with Crippen molar-refractivity contribution in [1.29, 1.82) is 0 Å². The molecule has 3 aromatic rings. The SMILES string of the molecule is Cc1ccc(NC(=O)Oc2ccnc(N3CCOCC3)c2)cc1NC(=O)c1ccc(CNCCCN2CCOCC2)cc1. The van der Waals surface area contributed by atoms with E-state index >= 15 is 0 Å². The average Bonchev–Trinajstić information content (AvgIpc) is 3.04. The van der Waals surface area contributed by atoms with Gasteiger partial charge in [0.05, 0.1) is 26.4 Å². The van der Waals surface area contributed by atoms with Gasteiger partial charge in [0.1, 0.15) is 11.6 Å². The molecule has 2 aromatic carbocycles. The van der Waals surface area contributed by atoms with Gasteiger partial charge in [-0.25, -0.2) is 9.78 Å². The van der Waals surface area contributed by atoms with Gasteiger partial charge in [-0.3, -0.25) is 15.0 Å². The standard InChI is InChI=1S/C32H40N6O5/c1-24-3-8-27(35-32(40)43-28-9-11-34-30(22-28)38-15-19-42-20-16-38)21-29(24)36-31(39)26-6-4-25(5-7-26)23-33-10-2-12-37-13-17-41-18-14-37/h3-9,11,21-22,33H,2,10,12-20,23H2,1H3,(H,35,40)(H,36,39). The van der Waals surface area contributed by atoms with Gasteiger partial charge in [0.2, 0.25) is 0 Å². The molecule has 11 nitrogen and oxygen atoms in total. The van der Waals surface area contributed by atoms with Gasteiger partial charge >= 0.3 is 6.09 Å². The molecular formula is C32H40N6O5. The smallest absolute Gasteiger partial charge is 0.410 e. The van der Waals surface area contributed by atoms with E-state index < -0.39 is 6.09 Å². The van der Waals surface area contributed by atoms with Crippen molar-refractivity contribution in [2.45, 2.75) is 19.9 Å². The maximum Gasteiger partial charge on any atom is 0.417 e. The van der Waals surface area contributed by atoms with Crippen molar-refractivity contribution in [2.75, 3.05) is 81.2 Å². The lowest BCUT2D eigenvalue weighted by molar-refractivity contribution is 0.0374. The zero-order chi connectivity index (χ0) is 29.9. The Kier molecular flexibility index (Phi) is 10.9. The Bertz CT molecular complexity index is 1360. The highest BCUT2D eigenvalue weighted by Gasteiger charge is 2.15. The number of rotatable bonds is 11. The molecule has 2 saturated heterocycles. The van der Waals surface area contributed by atoms with E-state index in [1.807, 2.05) is 37.3 Å². The molecule has 0 atom stereocenters. The number of aryl methyl sites for hydroxylation is 1. The van der Waals surface area contributed by atoms with E-state index in [1.165, 1.54) is 0 Å². The monoisotopic (exact) mass is 588 g/mol. The summed E-state index contributed by atoms with van der Waals surface area (Å²) in [4.78, 5) is 34.5. The Labute approximate surface area is 252 Å². The van der Waals surface area contributed by atoms with Gasteiger partial charge in [-0.1, -0.05) is 18.2 Å². The number of morpholine rings is 2. The van der Waals surface area contributed by atoms with E-state index in [0.29, 0.717) is 35.9 Å². The molecule has 0 radical (unpaired) electrons. The summed E-state index contributed by atoms with van der Waals surface area (Å²) in [6, 6.07) is 16.3. The first kappa shape index (κ1) is 30.4. The second-order valence-corrected chi connectivity index (χ2v) is 10.6. The Morgan fingerprint density at radius 3 is 2.42 bits per heavy atom. The average molecular weight is 589 g/mol. The van der Waals surface area contributed by atoms with Gasteiger partial charge in [-0.05, 0) is 67.9 Å².